The van der Waals surface area contributed by atoms with E-state index in [9.17, 15) is 0 Å². The Kier molecular flexibility index (Phi) is 7.03. The number of ether oxygens (including phenoxy) is 1. The second-order valence-electron chi connectivity index (χ2n) is 6.75. The van der Waals surface area contributed by atoms with Crippen molar-refractivity contribution in [2.24, 2.45) is 11.3 Å². The van der Waals surface area contributed by atoms with Crippen LogP contribution in [0.4, 0.5) is 5.69 Å². The van der Waals surface area contributed by atoms with Crippen LogP contribution in [0.5, 0.6) is 5.75 Å². The number of nitrogens with zero attached hydrogens (tertiary/aromatic N) is 1. The van der Waals surface area contributed by atoms with Crippen molar-refractivity contribution in [1.29, 1.82) is 0 Å². The second kappa shape index (κ2) is 8.28. The average molecular weight is 292 g/mol. The summed E-state index contributed by atoms with van der Waals surface area (Å²) in [6, 6.07) is 8.27. The number of hydrogen-bond donors (Lipinski definition) is 1. The summed E-state index contributed by atoms with van der Waals surface area (Å²) in [7, 11) is 3.87. The molecule has 0 bridgehead atoms. The maximum Gasteiger partial charge on any atom is 0.120 e. The van der Waals surface area contributed by atoms with Crippen LogP contribution in [0.15, 0.2) is 24.3 Å². The van der Waals surface area contributed by atoms with Gasteiger partial charge in [0.05, 0.1) is 7.11 Å². The van der Waals surface area contributed by atoms with Gasteiger partial charge in [-0.25, -0.2) is 0 Å². The first-order chi connectivity index (χ1) is 9.90. The molecule has 120 valence electrons. The van der Waals surface area contributed by atoms with Crippen LogP contribution in [0.3, 0.4) is 0 Å². The summed E-state index contributed by atoms with van der Waals surface area (Å²) in [5.41, 5.74) is 1.48. The average Bonchev–Trinajstić information content (AvgIpc) is 2.46. The monoisotopic (exact) mass is 292 g/mol. The van der Waals surface area contributed by atoms with E-state index >= 15 is 0 Å². The molecule has 0 aromatic heterocycles. The fourth-order valence-corrected chi connectivity index (χ4v) is 2.47. The van der Waals surface area contributed by atoms with Gasteiger partial charge in [0.25, 0.3) is 0 Å². The number of nitrogens with one attached hydrogen (secondary N) is 1. The van der Waals surface area contributed by atoms with E-state index in [-0.39, 0.29) is 5.41 Å². The van der Waals surface area contributed by atoms with E-state index in [0.29, 0.717) is 5.92 Å². The zero-order valence-electron chi connectivity index (χ0n) is 14.6. The predicted molar refractivity (Wildman–Crippen MR) is 92.4 cm³/mol. The molecular formula is C18H32N2O. The lowest BCUT2D eigenvalue weighted by molar-refractivity contribution is 0.293. The maximum atomic E-state index is 5.31. The highest BCUT2D eigenvalue weighted by atomic mass is 16.5. The number of rotatable bonds is 9. The van der Waals surface area contributed by atoms with Gasteiger partial charge in [0.1, 0.15) is 5.75 Å². The Bertz CT molecular complexity index is 419. The Morgan fingerprint density at radius 2 is 2.05 bits per heavy atom. The minimum absolute atomic E-state index is 0.271. The van der Waals surface area contributed by atoms with Crippen LogP contribution >= 0.6 is 0 Å². The lowest BCUT2D eigenvalue weighted by Crippen LogP contribution is -2.41. The van der Waals surface area contributed by atoms with Crippen molar-refractivity contribution < 1.29 is 4.74 Å². The molecule has 1 N–H and O–H groups in total. The molecule has 3 heteroatoms. The Morgan fingerprint density at radius 1 is 1.33 bits per heavy atom. The van der Waals surface area contributed by atoms with Crippen molar-refractivity contribution in [2.45, 2.75) is 34.1 Å². The summed E-state index contributed by atoms with van der Waals surface area (Å²) in [5.74, 6) is 1.61. The van der Waals surface area contributed by atoms with Crippen molar-refractivity contribution in [3.8, 4) is 5.75 Å². The van der Waals surface area contributed by atoms with Crippen LogP contribution in [-0.2, 0) is 0 Å². The number of methoxy groups -OCH3 is 1. The second-order valence-corrected chi connectivity index (χ2v) is 6.75. The number of anilines is 1. The highest BCUT2D eigenvalue weighted by Gasteiger charge is 2.24. The van der Waals surface area contributed by atoms with Gasteiger partial charge in [-0.2, -0.15) is 0 Å². The maximum absolute atomic E-state index is 5.31. The molecule has 0 saturated carbocycles. The van der Waals surface area contributed by atoms with Gasteiger partial charge in [-0.15, -0.1) is 0 Å². The molecule has 1 aromatic rings. The van der Waals surface area contributed by atoms with Crippen LogP contribution in [0.2, 0.25) is 0 Å². The highest BCUT2D eigenvalue weighted by Crippen LogP contribution is 2.26. The fourth-order valence-electron chi connectivity index (χ4n) is 2.47. The normalized spacial score (nSPS) is 14.0. The van der Waals surface area contributed by atoms with Gasteiger partial charge in [0.15, 0.2) is 0 Å². The van der Waals surface area contributed by atoms with Crippen LogP contribution in [-0.4, -0.2) is 33.8 Å². The SMILES string of the molecule is CCC(C)(CNCC(C)C)CN(C)c1cccc(OC)c1. The Balaban J connectivity index is 2.65. The molecule has 1 unspecified atom stereocenters. The summed E-state index contributed by atoms with van der Waals surface area (Å²) in [6.07, 6.45) is 1.16. The summed E-state index contributed by atoms with van der Waals surface area (Å²) >= 11 is 0. The minimum atomic E-state index is 0.271. The van der Waals surface area contributed by atoms with Crippen LogP contribution in [0.1, 0.15) is 34.1 Å². The van der Waals surface area contributed by atoms with Gasteiger partial charge in [-0.05, 0) is 36.4 Å². The molecule has 0 aliphatic carbocycles. The van der Waals surface area contributed by atoms with E-state index in [1.54, 1.807) is 7.11 Å². The fraction of sp³-hybridized carbons (Fsp3) is 0.667. The van der Waals surface area contributed by atoms with E-state index in [0.717, 1.165) is 31.8 Å². The van der Waals surface area contributed by atoms with Crippen LogP contribution < -0.4 is 15.0 Å². The third-order valence-electron chi connectivity index (χ3n) is 4.07. The topological polar surface area (TPSA) is 24.5 Å². The van der Waals surface area contributed by atoms with Gasteiger partial charge in [0.2, 0.25) is 0 Å². The Hall–Kier alpha value is -1.22. The standard InChI is InChI=1S/C18H32N2O/c1-7-18(4,13-19-12-15(2)3)14-20(5)16-9-8-10-17(11-16)21-6/h8-11,15,19H,7,12-14H2,1-6H3. The molecule has 0 amide bonds. The quantitative estimate of drug-likeness (QED) is 0.749. The van der Waals surface area contributed by atoms with E-state index < -0.39 is 0 Å². The van der Waals surface area contributed by atoms with Gasteiger partial charge in [-0.3, -0.25) is 0 Å². The molecule has 0 radical (unpaired) electrons. The number of benzene rings is 1. The first kappa shape index (κ1) is 17.8. The van der Waals surface area contributed by atoms with Crippen LogP contribution in [0, 0.1) is 11.3 Å². The van der Waals surface area contributed by atoms with Crippen molar-refractivity contribution in [2.75, 3.05) is 38.7 Å². The van der Waals surface area contributed by atoms with Crippen molar-refractivity contribution >= 4 is 5.69 Å². The molecular weight excluding hydrogens is 260 g/mol. The van der Waals surface area contributed by atoms with Crippen molar-refractivity contribution in [3.63, 3.8) is 0 Å². The van der Waals surface area contributed by atoms with Crippen molar-refractivity contribution in [3.05, 3.63) is 24.3 Å². The van der Waals surface area contributed by atoms with Gasteiger partial charge in [-0.1, -0.05) is 33.8 Å². The molecule has 0 aliphatic rings. The molecule has 0 saturated heterocycles. The molecule has 1 aromatic carbocycles. The molecule has 21 heavy (non-hydrogen) atoms. The molecule has 3 nitrogen and oxygen atoms in total. The van der Waals surface area contributed by atoms with E-state index in [1.807, 2.05) is 12.1 Å². The van der Waals surface area contributed by atoms with E-state index in [2.05, 4.69) is 57.1 Å². The third-order valence-corrected chi connectivity index (χ3v) is 4.07. The molecule has 1 rings (SSSR count). The van der Waals surface area contributed by atoms with E-state index in [1.165, 1.54) is 5.69 Å². The third kappa shape index (κ3) is 5.96. The summed E-state index contributed by atoms with van der Waals surface area (Å²) in [4.78, 5) is 2.32. The highest BCUT2D eigenvalue weighted by molar-refractivity contribution is 5.50. The smallest absolute Gasteiger partial charge is 0.120 e. The zero-order chi connectivity index (χ0) is 15.9. The minimum Gasteiger partial charge on any atom is -0.497 e. The molecule has 0 spiro atoms. The Morgan fingerprint density at radius 3 is 2.62 bits per heavy atom. The molecule has 0 aliphatic heterocycles. The van der Waals surface area contributed by atoms with Gasteiger partial charge >= 0.3 is 0 Å². The van der Waals surface area contributed by atoms with Crippen LogP contribution in [0.25, 0.3) is 0 Å². The Labute approximate surface area is 130 Å². The first-order valence-corrected chi connectivity index (χ1v) is 7.96. The zero-order valence-corrected chi connectivity index (χ0v) is 14.6. The van der Waals surface area contributed by atoms with Gasteiger partial charge in [0, 0.05) is 31.9 Å². The van der Waals surface area contributed by atoms with Crippen molar-refractivity contribution in [1.82, 2.24) is 5.32 Å². The predicted octanol–water partition coefficient (Wildman–Crippen LogP) is 3.79. The summed E-state index contributed by atoms with van der Waals surface area (Å²) < 4.78 is 5.31. The summed E-state index contributed by atoms with van der Waals surface area (Å²) in [5, 5.41) is 3.60. The lowest BCUT2D eigenvalue weighted by atomic mass is 9.86. The van der Waals surface area contributed by atoms with E-state index in [4.69, 9.17) is 4.74 Å². The molecule has 1 atom stereocenters. The van der Waals surface area contributed by atoms with Gasteiger partial charge < -0.3 is 15.0 Å². The largest absolute Gasteiger partial charge is 0.497 e. The first-order valence-electron chi connectivity index (χ1n) is 7.96. The summed E-state index contributed by atoms with van der Waals surface area (Å²) in [6.45, 7) is 12.3. The lowest BCUT2D eigenvalue weighted by Gasteiger charge is -2.34. The molecule has 0 heterocycles. The molecule has 0 fully saturated rings. The number of hydrogen-bond acceptors (Lipinski definition) is 3.